The molecule has 0 atom stereocenters. The molecule has 3 N–H and O–H groups in total. The molecule has 0 unspecified atom stereocenters. The van der Waals surface area contributed by atoms with E-state index in [1.165, 1.54) is 0 Å². The molecule has 0 saturated heterocycles. The number of carbonyl (C=O) groups is 1. The van der Waals surface area contributed by atoms with Crippen molar-refractivity contribution in [2.45, 2.75) is 52.4 Å². The number of para-hydroxylation sites is 1. The van der Waals surface area contributed by atoms with Crippen LogP contribution in [0.3, 0.4) is 0 Å². The molecule has 0 aliphatic rings. The van der Waals surface area contributed by atoms with E-state index in [-0.39, 0.29) is 22.4 Å². The fraction of sp³-hybridized carbons (Fsp3) is 0.320. The molecule has 1 aromatic heterocycles. The van der Waals surface area contributed by atoms with E-state index in [1.54, 1.807) is 12.3 Å². The zero-order chi connectivity index (χ0) is 21.4. The summed E-state index contributed by atoms with van der Waals surface area (Å²) in [4.78, 5) is 16.6. The van der Waals surface area contributed by atoms with Crippen molar-refractivity contribution in [1.29, 1.82) is 0 Å². The normalized spacial score (nSPS) is 12.1. The Morgan fingerprint density at radius 2 is 1.45 bits per heavy atom. The SMILES string of the molecule is CC(C)(C)c1cc(C(=O)c2cc[nH]c2Nc2ccccc2)cc(C(C)(C)C)c1O. The van der Waals surface area contributed by atoms with Gasteiger partial charge in [0.2, 0.25) is 0 Å². The van der Waals surface area contributed by atoms with Gasteiger partial charge < -0.3 is 15.4 Å². The molecule has 0 aliphatic heterocycles. The number of hydrogen-bond donors (Lipinski definition) is 3. The topological polar surface area (TPSA) is 65.1 Å². The Morgan fingerprint density at radius 1 is 0.897 bits per heavy atom. The van der Waals surface area contributed by atoms with Crippen molar-refractivity contribution in [2.75, 3.05) is 5.32 Å². The fourth-order valence-corrected chi connectivity index (χ4v) is 3.39. The Kier molecular flexibility index (Phi) is 5.31. The third-order valence-electron chi connectivity index (χ3n) is 5.02. The van der Waals surface area contributed by atoms with Gasteiger partial charge in [0.1, 0.15) is 11.6 Å². The summed E-state index contributed by atoms with van der Waals surface area (Å²) in [7, 11) is 0. The predicted molar refractivity (Wildman–Crippen MR) is 119 cm³/mol. The van der Waals surface area contributed by atoms with Gasteiger partial charge in [-0.25, -0.2) is 0 Å². The van der Waals surface area contributed by atoms with Crippen LogP contribution in [-0.2, 0) is 10.8 Å². The number of phenolic OH excluding ortho intramolecular Hbond substituents is 1. The summed E-state index contributed by atoms with van der Waals surface area (Å²) in [6.07, 6.45) is 1.76. The molecule has 0 bridgehead atoms. The monoisotopic (exact) mass is 390 g/mol. The van der Waals surface area contributed by atoms with Gasteiger partial charge in [0.25, 0.3) is 0 Å². The molecular weight excluding hydrogens is 360 g/mol. The molecule has 0 amide bonds. The van der Waals surface area contributed by atoms with Crippen molar-refractivity contribution in [2.24, 2.45) is 0 Å². The van der Waals surface area contributed by atoms with E-state index >= 15 is 0 Å². The van der Waals surface area contributed by atoms with Gasteiger partial charge in [0, 0.05) is 28.6 Å². The van der Waals surface area contributed by atoms with Crippen LogP contribution in [0.15, 0.2) is 54.7 Å². The Balaban J connectivity index is 2.08. The Hall–Kier alpha value is -3.01. The van der Waals surface area contributed by atoms with Crippen molar-refractivity contribution in [1.82, 2.24) is 4.98 Å². The average Bonchev–Trinajstić information content (AvgIpc) is 3.08. The minimum atomic E-state index is -0.288. The molecule has 1 heterocycles. The predicted octanol–water partition coefficient (Wildman–Crippen LogP) is 6.29. The molecular formula is C25H30N2O2. The van der Waals surface area contributed by atoms with Gasteiger partial charge in [-0.15, -0.1) is 0 Å². The second-order valence-corrected chi connectivity index (χ2v) is 9.51. The van der Waals surface area contributed by atoms with Gasteiger partial charge in [-0.2, -0.15) is 0 Å². The molecule has 3 rings (SSSR count). The first-order chi connectivity index (χ1) is 13.5. The third-order valence-corrected chi connectivity index (χ3v) is 5.02. The zero-order valence-corrected chi connectivity index (χ0v) is 18.1. The Labute approximate surface area is 173 Å². The van der Waals surface area contributed by atoms with Gasteiger partial charge in [0.15, 0.2) is 5.78 Å². The molecule has 152 valence electrons. The number of H-pyrrole nitrogens is 1. The lowest BCUT2D eigenvalue weighted by Crippen LogP contribution is -2.19. The van der Waals surface area contributed by atoms with Crippen molar-refractivity contribution in [3.8, 4) is 5.75 Å². The van der Waals surface area contributed by atoms with Crippen LogP contribution in [-0.4, -0.2) is 15.9 Å². The maximum Gasteiger partial charge on any atom is 0.196 e. The maximum absolute atomic E-state index is 13.4. The van der Waals surface area contributed by atoms with Gasteiger partial charge in [-0.1, -0.05) is 59.7 Å². The smallest absolute Gasteiger partial charge is 0.196 e. The standard InChI is InChI=1S/C25H30N2O2/c1-24(2,3)19-14-16(15-20(22(19)29)25(4,5)6)21(28)18-12-13-26-23(18)27-17-10-8-7-9-11-17/h7-15,26-27,29H,1-6H3. The Morgan fingerprint density at radius 3 is 1.97 bits per heavy atom. The van der Waals surface area contributed by atoms with Gasteiger partial charge in [0.05, 0.1) is 5.56 Å². The van der Waals surface area contributed by atoms with Crippen LogP contribution in [0.5, 0.6) is 5.75 Å². The van der Waals surface area contributed by atoms with Crippen LogP contribution in [0.25, 0.3) is 0 Å². The van der Waals surface area contributed by atoms with Crippen molar-refractivity contribution in [3.05, 3.63) is 77.0 Å². The lowest BCUT2D eigenvalue weighted by Gasteiger charge is -2.28. The summed E-state index contributed by atoms with van der Waals surface area (Å²) < 4.78 is 0. The molecule has 0 saturated carbocycles. The second kappa shape index (κ2) is 7.43. The van der Waals surface area contributed by atoms with Crippen LogP contribution in [0.4, 0.5) is 11.5 Å². The highest BCUT2D eigenvalue weighted by Gasteiger charge is 2.28. The van der Waals surface area contributed by atoms with Crippen LogP contribution in [0.1, 0.15) is 68.6 Å². The maximum atomic E-state index is 13.4. The number of aromatic hydroxyl groups is 1. The minimum Gasteiger partial charge on any atom is -0.507 e. The number of nitrogens with one attached hydrogen (secondary N) is 2. The molecule has 0 spiro atoms. The summed E-state index contributed by atoms with van der Waals surface area (Å²) in [5.41, 5.74) is 3.03. The third kappa shape index (κ3) is 4.37. The summed E-state index contributed by atoms with van der Waals surface area (Å²) in [6, 6.07) is 15.2. The summed E-state index contributed by atoms with van der Waals surface area (Å²) in [6.45, 7) is 12.3. The highest BCUT2D eigenvalue weighted by atomic mass is 16.3. The number of hydrogen-bond acceptors (Lipinski definition) is 3. The number of ketones is 1. The zero-order valence-electron chi connectivity index (χ0n) is 18.1. The van der Waals surface area contributed by atoms with E-state index in [2.05, 4.69) is 10.3 Å². The largest absolute Gasteiger partial charge is 0.507 e. The molecule has 0 aliphatic carbocycles. The fourth-order valence-electron chi connectivity index (χ4n) is 3.39. The summed E-state index contributed by atoms with van der Waals surface area (Å²) in [5.74, 6) is 0.850. The van der Waals surface area contributed by atoms with Crippen LogP contribution < -0.4 is 5.32 Å². The van der Waals surface area contributed by atoms with E-state index in [9.17, 15) is 9.90 Å². The molecule has 0 fully saturated rings. The van der Waals surface area contributed by atoms with Gasteiger partial charge in [-0.3, -0.25) is 4.79 Å². The molecule has 3 aromatic rings. The van der Waals surface area contributed by atoms with E-state index in [0.717, 1.165) is 16.8 Å². The van der Waals surface area contributed by atoms with E-state index in [1.807, 2.05) is 84.0 Å². The van der Waals surface area contributed by atoms with E-state index in [0.29, 0.717) is 16.9 Å². The quantitative estimate of drug-likeness (QED) is 0.459. The summed E-state index contributed by atoms with van der Waals surface area (Å²) >= 11 is 0. The number of aromatic amines is 1. The number of phenols is 1. The van der Waals surface area contributed by atoms with Crippen LogP contribution in [0, 0.1) is 0 Å². The number of rotatable bonds is 4. The number of aromatic nitrogens is 1. The van der Waals surface area contributed by atoms with Crippen molar-refractivity contribution >= 4 is 17.3 Å². The first-order valence-electron chi connectivity index (χ1n) is 9.90. The van der Waals surface area contributed by atoms with Crippen LogP contribution in [0.2, 0.25) is 0 Å². The Bertz CT molecular complexity index is 984. The number of anilines is 2. The molecule has 29 heavy (non-hydrogen) atoms. The van der Waals surface area contributed by atoms with Crippen molar-refractivity contribution < 1.29 is 9.90 Å². The number of benzene rings is 2. The summed E-state index contributed by atoms with van der Waals surface area (Å²) in [5, 5.41) is 14.2. The van der Waals surface area contributed by atoms with Gasteiger partial charge >= 0.3 is 0 Å². The molecule has 2 aromatic carbocycles. The average molecular weight is 391 g/mol. The molecule has 4 heteroatoms. The highest BCUT2D eigenvalue weighted by molar-refractivity contribution is 6.12. The minimum absolute atomic E-state index is 0.0827. The molecule has 4 nitrogen and oxygen atoms in total. The molecule has 0 radical (unpaired) electrons. The van der Waals surface area contributed by atoms with Crippen molar-refractivity contribution in [3.63, 3.8) is 0 Å². The van der Waals surface area contributed by atoms with Crippen LogP contribution >= 0.6 is 0 Å². The first kappa shape index (κ1) is 20.7. The lowest BCUT2D eigenvalue weighted by atomic mass is 9.78. The number of carbonyl (C=O) groups excluding carboxylic acids is 1. The lowest BCUT2D eigenvalue weighted by molar-refractivity contribution is 0.103. The first-order valence-corrected chi connectivity index (χ1v) is 9.90. The second-order valence-electron chi connectivity index (χ2n) is 9.51. The van der Waals surface area contributed by atoms with E-state index in [4.69, 9.17) is 0 Å². The van der Waals surface area contributed by atoms with Gasteiger partial charge in [-0.05, 0) is 41.2 Å². The van der Waals surface area contributed by atoms with E-state index < -0.39 is 0 Å². The highest BCUT2D eigenvalue weighted by Crippen LogP contribution is 2.40.